The Morgan fingerprint density at radius 3 is 2.56 bits per heavy atom. The molecule has 130 valence electrons. The molecule has 0 amide bonds. The highest BCUT2D eigenvalue weighted by molar-refractivity contribution is 7.93. The second-order valence-electron chi connectivity index (χ2n) is 5.30. The number of anilines is 2. The van der Waals surface area contributed by atoms with E-state index >= 15 is 0 Å². The lowest BCUT2D eigenvalue weighted by Crippen LogP contribution is -2.14. The van der Waals surface area contributed by atoms with Gasteiger partial charge in [0.05, 0.1) is 34.2 Å². The van der Waals surface area contributed by atoms with Crippen molar-refractivity contribution in [2.75, 3.05) is 10.5 Å². The molecule has 3 N–H and O–H groups in total. The minimum Gasteiger partial charge on any atom is -0.397 e. The van der Waals surface area contributed by atoms with Gasteiger partial charge < -0.3 is 5.73 Å². The quantitative estimate of drug-likeness (QED) is 0.644. The lowest BCUT2D eigenvalue weighted by Gasteiger charge is -2.11. The maximum Gasteiger partial charge on any atom is 0.265 e. The summed E-state index contributed by atoms with van der Waals surface area (Å²) in [7, 11) is -4.00. The minimum atomic E-state index is -4.00. The molecule has 3 aromatic rings. The first-order valence-electron chi connectivity index (χ1n) is 7.19. The SMILES string of the molecule is Nc1ccc(Cl)c(S(=O)(=O)Nc2cnn(Cc3ccccc3)c2)c1Cl. The molecule has 9 heteroatoms. The second kappa shape index (κ2) is 6.95. The third-order valence-corrected chi connectivity index (χ3v) is 5.83. The highest BCUT2D eigenvalue weighted by atomic mass is 35.5. The van der Waals surface area contributed by atoms with Crippen molar-refractivity contribution in [3.8, 4) is 0 Å². The van der Waals surface area contributed by atoms with Crippen molar-refractivity contribution < 1.29 is 8.42 Å². The summed E-state index contributed by atoms with van der Waals surface area (Å²) in [5, 5.41) is 4.03. The van der Waals surface area contributed by atoms with E-state index in [0.717, 1.165) is 5.56 Å². The number of nitrogens with two attached hydrogens (primary N) is 1. The van der Waals surface area contributed by atoms with E-state index in [9.17, 15) is 8.42 Å². The van der Waals surface area contributed by atoms with E-state index in [-0.39, 0.29) is 20.6 Å². The van der Waals surface area contributed by atoms with Crippen molar-refractivity contribution in [2.45, 2.75) is 11.4 Å². The molecular formula is C16H14Cl2N4O2S. The number of nitrogens with zero attached hydrogens (tertiary/aromatic N) is 2. The molecule has 0 bridgehead atoms. The maximum absolute atomic E-state index is 12.6. The smallest absolute Gasteiger partial charge is 0.265 e. The van der Waals surface area contributed by atoms with Gasteiger partial charge in [-0.25, -0.2) is 8.42 Å². The van der Waals surface area contributed by atoms with Crippen LogP contribution in [0.5, 0.6) is 0 Å². The molecule has 0 aliphatic heterocycles. The Kier molecular flexibility index (Phi) is 4.89. The number of benzene rings is 2. The monoisotopic (exact) mass is 396 g/mol. The van der Waals surface area contributed by atoms with Gasteiger partial charge in [0, 0.05) is 6.20 Å². The molecule has 0 saturated carbocycles. The molecular weight excluding hydrogens is 383 g/mol. The molecule has 3 rings (SSSR count). The van der Waals surface area contributed by atoms with Crippen molar-refractivity contribution in [3.05, 3.63) is 70.5 Å². The number of hydrogen-bond donors (Lipinski definition) is 2. The molecule has 0 radical (unpaired) electrons. The van der Waals surface area contributed by atoms with Crippen LogP contribution < -0.4 is 10.5 Å². The Morgan fingerprint density at radius 2 is 1.84 bits per heavy atom. The van der Waals surface area contributed by atoms with Gasteiger partial charge in [-0.1, -0.05) is 53.5 Å². The Labute approximate surface area is 155 Å². The van der Waals surface area contributed by atoms with Gasteiger partial charge in [-0.3, -0.25) is 9.40 Å². The van der Waals surface area contributed by atoms with Crippen LogP contribution in [0.1, 0.15) is 5.56 Å². The summed E-state index contributed by atoms with van der Waals surface area (Å²) in [6.45, 7) is 0.516. The topological polar surface area (TPSA) is 90.0 Å². The summed E-state index contributed by atoms with van der Waals surface area (Å²) in [5.74, 6) is 0. The molecule has 0 aliphatic rings. The fourth-order valence-corrected chi connectivity index (χ4v) is 4.45. The van der Waals surface area contributed by atoms with E-state index in [4.69, 9.17) is 28.9 Å². The Hall–Kier alpha value is -2.22. The van der Waals surface area contributed by atoms with Crippen LogP contribution in [0.25, 0.3) is 0 Å². The molecule has 6 nitrogen and oxygen atoms in total. The zero-order chi connectivity index (χ0) is 18.0. The van der Waals surface area contributed by atoms with Gasteiger partial charge in [-0.2, -0.15) is 5.10 Å². The zero-order valence-corrected chi connectivity index (χ0v) is 15.2. The maximum atomic E-state index is 12.6. The molecule has 25 heavy (non-hydrogen) atoms. The first kappa shape index (κ1) is 17.6. The van der Waals surface area contributed by atoms with E-state index in [2.05, 4.69) is 9.82 Å². The summed E-state index contributed by atoms with van der Waals surface area (Å²) in [6.07, 6.45) is 2.99. The highest BCUT2D eigenvalue weighted by Crippen LogP contribution is 2.34. The van der Waals surface area contributed by atoms with Gasteiger partial charge in [0.25, 0.3) is 10.0 Å². The lowest BCUT2D eigenvalue weighted by atomic mass is 10.2. The Balaban J connectivity index is 1.84. The van der Waals surface area contributed by atoms with E-state index < -0.39 is 10.0 Å². The average Bonchev–Trinajstić information content (AvgIpc) is 2.98. The fraction of sp³-hybridized carbons (Fsp3) is 0.0625. The van der Waals surface area contributed by atoms with Crippen LogP contribution in [0.15, 0.2) is 59.8 Å². The van der Waals surface area contributed by atoms with Crippen molar-refractivity contribution >= 4 is 44.6 Å². The second-order valence-corrected chi connectivity index (χ2v) is 7.70. The number of halogens is 2. The normalized spacial score (nSPS) is 11.4. The van der Waals surface area contributed by atoms with Crippen LogP contribution in [0.2, 0.25) is 10.0 Å². The van der Waals surface area contributed by atoms with Gasteiger partial charge in [0.1, 0.15) is 4.90 Å². The van der Waals surface area contributed by atoms with E-state index in [0.29, 0.717) is 12.2 Å². The van der Waals surface area contributed by atoms with Crippen LogP contribution in [0, 0.1) is 0 Å². The van der Waals surface area contributed by atoms with Crippen molar-refractivity contribution in [2.24, 2.45) is 0 Å². The summed E-state index contributed by atoms with van der Waals surface area (Å²) in [4.78, 5) is -0.258. The molecule has 1 aromatic heterocycles. The standard InChI is InChI=1S/C16H14Cl2N4O2S/c17-13-6-7-14(19)15(18)16(13)25(23,24)21-12-8-20-22(10-12)9-11-4-2-1-3-5-11/h1-8,10,21H,9,19H2. The van der Waals surface area contributed by atoms with Crippen molar-refractivity contribution in [1.29, 1.82) is 0 Å². The molecule has 1 heterocycles. The van der Waals surface area contributed by atoms with Crippen molar-refractivity contribution in [3.63, 3.8) is 0 Å². The van der Waals surface area contributed by atoms with Crippen LogP contribution >= 0.6 is 23.2 Å². The third-order valence-electron chi connectivity index (χ3n) is 3.42. The Bertz CT molecular complexity index is 1000. The molecule has 0 atom stereocenters. The number of aromatic nitrogens is 2. The summed E-state index contributed by atoms with van der Waals surface area (Å²) in [5.41, 5.74) is 7.14. The lowest BCUT2D eigenvalue weighted by molar-refractivity contribution is 0.601. The average molecular weight is 397 g/mol. The number of sulfonamides is 1. The van der Waals surface area contributed by atoms with E-state index in [1.807, 2.05) is 30.3 Å². The van der Waals surface area contributed by atoms with Crippen LogP contribution in [-0.2, 0) is 16.6 Å². The largest absolute Gasteiger partial charge is 0.397 e. The first-order valence-corrected chi connectivity index (χ1v) is 9.43. The molecule has 0 saturated heterocycles. The summed E-state index contributed by atoms with van der Waals surface area (Å²) in [6, 6.07) is 12.5. The molecule has 0 unspecified atom stereocenters. The number of nitrogen functional groups attached to an aromatic ring is 1. The number of nitrogens with one attached hydrogen (secondary N) is 1. The van der Waals surface area contributed by atoms with Crippen LogP contribution in [0.4, 0.5) is 11.4 Å². The fourth-order valence-electron chi connectivity index (χ4n) is 2.27. The molecule has 0 spiro atoms. The van der Waals surface area contributed by atoms with Gasteiger partial charge in [-0.05, 0) is 17.7 Å². The van der Waals surface area contributed by atoms with Crippen LogP contribution in [0.3, 0.4) is 0 Å². The van der Waals surface area contributed by atoms with Gasteiger partial charge >= 0.3 is 0 Å². The Morgan fingerprint density at radius 1 is 1.12 bits per heavy atom. The summed E-state index contributed by atoms with van der Waals surface area (Å²) >= 11 is 12.0. The van der Waals surface area contributed by atoms with Gasteiger partial charge in [0.15, 0.2) is 0 Å². The van der Waals surface area contributed by atoms with Gasteiger partial charge in [-0.15, -0.1) is 0 Å². The zero-order valence-electron chi connectivity index (χ0n) is 12.9. The number of rotatable bonds is 5. The van der Waals surface area contributed by atoms with E-state index in [1.165, 1.54) is 18.3 Å². The third kappa shape index (κ3) is 3.89. The predicted octanol–water partition coefficient (Wildman–Crippen LogP) is 3.62. The van der Waals surface area contributed by atoms with Crippen molar-refractivity contribution in [1.82, 2.24) is 9.78 Å². The number of hydrogen-bond acceptors (Lipinski definition) is 4. The molecule has 0 fully saturated rings. The summed E-state index contributed by atoms with van der Waals surface area (Å²) < 4.78 is 29.2. The molecule has 2 aromatic carbocycles. The molecule has 0 aliphatic carbocycles. The predicted molar refractivity (Wildman–Crippen MR) is 99.5 cm³/mol. The van der Waals surface area contributed by atoms with E-state index in [1.54, 1.807) is 10.9 Å². The highest BCUT2D eigenvalue weighted by Gasteiger charge is 2.24. The minimum absolute atomic E-state index is 0.0108. The first-order chi connectivity index (χ1) is 11.9. The van der Waals surface area contributed by atoms with Crippen LogP contribution in [-0.4, -0.2) is 18.2 Å². The van der Waals surface area contributed by atoms with Gasteiger partial charge in [0.2, 0.25) is 0 Å².